The molecular weight excluding hydrogens is 473 g/mol. The molecule has 0 amide bonds. The molecule has 1 saturated heterocycles. The van der Waals surface area contributed by atoms with Crippen LogP contribution >= 0.6 is 23.2 Å². The summed E-state index contributed by atoms with van der Waals surface area (Å²) in [4.78, 5) is 12.6. The van der Waals surface area contributed by atoms with Crippen LogP contribution < -0.4 is 22.1 Å². The van der Waals surface area contributed by atoms with Crippen LogP contribution in [0.4, 0.5) is 0 Å². The lowest BCUT2D eigenvalue weighted by Crippen LogP contribution is -2.45. The molecule has 8 nitrogen and oxygen atoms in total. The smallest absolute Gasteiger partial charge is 0.216 e. The van der Waals surface area contributed by atoms with Gasteiger partial charge >= 0.3 is 0 Å². The summed E-state index contributed by atoms with van der Waals surface area (Å²) in [5.74, 6) is 3.96. The van der Waals surface area contributed by atoms with Crippen LogP contribution in [0.25, 0.3) is 0 Å². The summed E-state index contributed by atoms with van der Waals surface area (Å²) < 4.78 is 0. The zero-order chi connectivity index (χ0) is 25.3. The molecule has 34 heavy (non-hydrogen) atoms. The van der Waals surface area contributed by atoms with Gasteiger partial charge in [-0.15, -0.1) is 34.7 Å². The molecule has 0 saturated carbocycles. The van der Waals surface area contributed by atoms with Crippen LogP contribution in [0.3, 0.4) is 0 Å². The van der Waals surface area contributed by atoms with Crippen LogP contribution in [0.5, 0.6) is 0 Å². The molecule has 4 atom stereocenters. The molecule has 1 fully saturated rings. The van der Waals surface area contributed by atoms with E-state index in [2.05, 4.69) is 40.3 Å². The number of likely N-dealkylation sites (N-methyl/N-ethyl adjacent to an activating group) is 1. The Morgan fingerprint density at radius 2 is 2.18 bits per heavy atom. The summed E-state index contributed by atoms with van der Waals surface area (Å²) in [7, 11) is 3.60. The van der Waals surface area contributed by atoms with Gasteiger partial charge in [-0.05, 0) is 38.8 Å². The Labute approximate surface area is 215 Å². The molecule has 0 aromatic heterocycles. The summed E-state index contributed by atoms with van der Waals surface area (Å²) in [6, 6.07) is 0. The van der Waals surface area contributed by atoms with E-state index in [0.717, 1.165) is 51.1 Å². The highest BCUT2D eigenvalue weighted by atomic mass is 35.5. The van der Waals surface area contributed by atoms with Gasteiger partial charge in [-0.3, -0.25) is 4.99 Å². The van der Waals surface area contributed by atoms with Gasteiger partial charge in [0.05, 0.1) is 23.0 Å². The van der Waals surface area contributed by atoms with Gasteiger partial charge in [-0.2, -0.15) is 0 Å². The Bertz CT molecular complexity index is 802. The quantitative estimate of drug-likeness (QED) is 0.110. The van der Waals surface area contributed by atoms with Gasteiger partial charge in [0.15, 0.2) is 0 Å². The van der Waals surface area contributed by atoms with Crippen molar-refractivity contribution in [1.82, 2.24) is 20.6 Å². The number of aliphatic imine (C=N–C) groups is 1. The predicted molar refractivity (Wildman–Crippen MR) is 142 cm³/mol. The third kappa shape index (κ3) is 7.88. The van der Waals surface area contributed by atoms with E-state index in [9.17, 15) is 0 Å². The van der Waals surface area contributed by atoms with Crippen LogP contribution in [0, 0.1) is 23.7 Å². The standard InChI is InChI=1S/C24H41Cl2N7O/c1-6-18(25)12-17(20(26)7-2)14-33-11-10-31-22(28)21(33)13-19(27)15-32(5)34-23(29-4)24(3)8-9-30-16-24/h2,13,17-18,20,30-31H,6,8-12,14-16,27-28H2,1,3-5H3/b19-13-,29-23?/t17?,18?,20?,24-/m0/s1. The first-order valence-corrected chi connectivity index (χ1v) is 12.8. The average molecular weight is 515 g/mol. The van der Waals surface area contributed by atoms with Gasteiger partial charge in [0, 0.05) is 57.3 Å². The number of allylic oxidation sites excluding steroid dienone is 1. The largest absolute Gasteiger partial charge is 0.401 e. The fraction of sp³-hybridized carbons (Fsp3) is 0.708. The Balaban J connectivity index is 2.11. The van der Waals surface area contributed by atoms with Crippen molar-refractivity contribution < 1.29 is 4.84 Å². The van der Waals surface area contributed by atoms with Gasteiger partial charge in [0.1, 0.15) is 5.82 Å². The summed E-state index contributed by atoms with van der Waals surface area (Å²) in [6.07, 6.45) is 10.1. The third-order valence-electron chi connectivity index (χ3n) is 6.40. The van der Waals surface area contributed by atoms with Gasteiger partial charge in [0.25, 0.3) is 0 Å². The van der Waals surface area contributed by atoms with Gasteiger partial charge < -0.3 is 31.8 Å². The van der Waals surface area contributed by atoms with E-state index in [4.69, 9.17) is 45.9 Å². The number of alkyl halides is 2. The van der Waals surface area contributed by atoms with E-state index < -0.39 is 5.38 Å². The first kappa shape index (κ1) is 28.4. The zero-order valence-corrected chi connectivity index (χ0v) is 22.4. The second kappa shape index (κ2) is 13.3. The maximum Gasteiger partial charge on any atom is 0.216 e. The molecular formula is C24H41Cl2N7O. The first-order valence-electron chi connectivity index (χ1n) is 11.9. The summed E-state index contributed by atoms with van der Waals surface area (Å²) in [5.41, 5.74) is 14.0. The van der Waals surface area contributed by atoms with E-state index >= 15 is 0 Å². The van der Waals surface area contributed by atoms with Crippen molar-refractivity contribution in [3.05, 3.63) is 23.3 Å². The summed E-state index contributed by atoms with van der Waals surface area (Å²) in [5, 5.41) is 7.89. The van der Waals surface area contributed by atoms with Crippen LogP contribution in [-0.4, -0.2) is 80.0 Å². The minimum absolute atomic E-state index is 0.0186. The van der Waals surface area contributed by atoms with Gasteiger partial charge in [-0.25, -0.2) is 0 Å². The van der Waals surface area contributed by atoms with E-state index in [1.54, 1.807) is 12.1 Å². The van der Waals surface area contributed by atoms with Crippen molar-refractivity contribution in [1.29, 1.82) is 0 Å². The molecule has 2 rings (SSSR count). The fourth-order valence-corrected chi connectivity index (χ4v) is 4.76. The number of terminal acetylenes is 1. The van der Waals surface area contributed by atoms with Crippen molar-refractivity contribution >= 4 is 29.1 Å². The Morgan fingerprint density at radius 1 is 1.44 bits per heavy atom. The highest BCUT2D eigenvalue weighted by molar-refractivity contribution is 6.23. The maximum absolute atomic E-state index is 6.47. The van der Waals surface area contributed by atoms with Crippen LogP contribution in [0.1, 0.15) is 33.1 Å². The van der Waals surface area contributed by atoms with Crippen LogP contribution in [0.2, 0.25) is 0 Å². The Kier molecular flexibility index (Phi) is 11.2. The number of nitrogens with one attached hydrogen (secondary N) is 2. The highest BCUT2D eigenvalue weighted by Gasteiger charge is 2.36. The van der Waals surface area contributed by atoms with E-state index in [-0.39, 0.29) is 16.7 Å². The van der Waals surface area contributed by atoms with Crippen molar-refractivity contribution in [2.75, 3.05) is 53.4 Å². The minimum atomic E-state index is -0.413. The summed E-state index contributed by atoms with van der Waals surface area (Å²) in [6.45, 7) is 8.52. The molecule has 6 N–H and O–H groups in total. The van der Waals surface area contributed by atoms with Gasteiger partial charge in [0.2, 0.25) is 5.90 Å². The number of nitrogens with two attached hydrogens (primary N) is 2. The lowest BCUT2D eigenvalue weighted by Gasteiger charge is -2.36. The molecule has 10 heteroatoms. The number of nitrogens with zero attached hydrogens (tertiary/aromatic N) is 3. The second-order valence-electron chi connectivity index (χ2n) is 9.35. The molecule has 0 bridgehead atoms. The normalized spacial score (nSPS) is 24.6. The second-order valence-corrected chi connectivity index (χ2v) is 10.4. The van der Waals surface area contributed by atoms with Crippen molar-refractivity contribution in [2.24, 2.45) is 27.8 Å². The van der Waals surface area contributed by atoms with Crippen molar-refractivity contribution in [3.63, 3.8) is 0 Å². The van der Waals surface area contributed by atoms with Crippen molar-refractivity contribution in [3.8, 4) is 12.3 Å². The molecule has 0 spiro atoms. The minimum Gasteiger partial charge on any atom is -0.401 e. The first-order chi connectivity index (χ1) is 16.1. The molecule has 2 aliphatic heterocycles. The Hall–Kier alpha value is -1.79. The lowest BCUT2D eigenvalue weighted by molar-refractivity contribution is -0.0496. The molecule has 192 valence electrons. The molecule has 0 aliphatic carbocycles. The fourth-order valence-electron chi connectivity index (χ4n) is 4.35. The zero-order valence-electron chi connectivity index (χ0n) is 20.9. The number of hydroxylamine groups is 2. The number of hydrogen-bond acceptors (Lipinski definition) is 8. The highest BCUT2D eigenvalue weighted by Crippen LogP contribution is 2.28. The third-order valence-corrected chi connectivity index (χ3v) is 7.37. The molecule has 2 heterocycles. The predicted octanol–water partition coefficient (Wildman–Crippen LogP) is 2.02. The van der Waals surface area contributed by atoms with Crippen LogP contribution in [-0.2, 0) is 4.84 Å². The SMILES string of the molecule is C#CC(Cl)C(CC(Cl)CC)CN1CCNC(N)=C1/C=C(\N)CN(C)OC(=NC)[C@@]1(C)CCNC1. The molecule has 3 unspecified atom stereocenters. The molecule has 0 radical (unpaired) electrons. The molecule has 0 aromatic carbocycles. The van der Waals surface area contributed by atoms with Crippen LogP contribution in [0.15, 0.2) is 28.3 Å². The van der Waals surface area contributed by atoms with E-state index in [0.29, 0.717) is 30.5 Å². The average Bonchev–Trinajstić information content (AvgIpc) is 3.25. The van der Waals surface area contributed by atoms with E-state index in [1.807, 2.05) is 13.1 Å². The number of rotatable bonds is 11. The Morgan fingerprint density at radius 3 is 2.76 bits per heavy atom. The molecule has 0 aromatic rings. The summed E-state index contributed by atoms with van der Waals surface area (Å²) >= 11 is 12.9. The van der Waals surface area contributed by atoms with E-state index in [1.165, 1.54) is 0 Å². The maximum atomic E-state index is 6.47. The van der Waals surface area contributed by atoms with Crippen molar-refractivity contribution in [2.45, 2.75) is 43.9 Å². The van der Waals surface area contributed by atoms with Gasteiger partial charge in [-0.1, -0.05) is 12.8 Å². The molecule has 2 aliphatic rings. The number of hydrogen-bond donors (Lipinski definition) is 4. The lowest BCUT2D eigenvalue weighted by atomic mass is 9.90. The monoisotopic (exact) mass is 513 g/mol. The topological polar surface area (TPSA) is 104 Å². The number of halogens is 2.